The highest BCUT2D eigenvalue weighted by atomic mass is 16.5. The summed E-state index contributed by atoms with van der Waals surface area (Å²) in [4.78, 5) is 4.34. The van der Waals surface area contributed by atoms with E-state index in [1.807, 2.05) is 0 Å². The largest absolute Gasteiger partial charge is 0.384 e. The van der Waals surface area contributed by atoms with Gasteiger partial charge < -0.3 is 14.6 Å². The molecule has 1 saturated heterocycles. The van der Waals surface area contributed by atoms with E-state index in [9.17, 15) is 0 Å². The summed E-state index contributed by atoms with van der Waals surface area (Å²) < 4.78 is 10.2. The molecule has 5 nitrogen and oxygen atoms in total. The van der Waals surface area contributed by atoms with Gasteiger partial charge in [-0.2, -0.15) is 4.98 Å². The molecule has 2 heterocycles. The zero-order valence-corrected chi connectivity index (χ0v) is 9.74. The molecule has 1 aliphatic rings. The van der Waals surface area contributed by atoms with Crippen molar-refractivity contribution < 1.29 is 9.26 Å². The third-order valence-corrected chi connectivity index (χ3v) is 2.87. The van der Waals surface area contributed by atoms with E-state index in [1.165, 1.54) is 19.3 Å². The van der Waals surface area contributed by atoms with Gasteiger partial charge in [-0.25, -0.2) is 0 Å². The first kappa shape index (κ1) is 11.5. The number of methoxy groups -OCH3 is 1. The van der Waals surface area contributed by atoms with Gasteiger partial charge in [0, 0.05) is 26.0 Å². The van der Waals surface area contributed by atoms with Gasteiger partial charge in [0.15, 0.2) is 5.82 Å². The second kappa shape index (κ2) is 5.96. The molecule has 1 unspecified atom stereocenters. The molecule has 0 bridgehead atoms. The summed E-state index contributed by atoms with van der Waals surface area (Å²) in [6.07, 6.45) is 5.34. The number of rotatable bonds is 5. The molecule has 2 rings (SSSR count). The van der Waals surface area contributed by atoms with Gasteiger partial charge in [0.05, 0.1) is 6.61 Å². The predicted octanol–water partition coefficient (Wildman–Crippen LogP) is 0.943. The van der Waals surface area contributed by atoms with Crippen LogP contribution in [0.4, 0.5) is 0 Å². The van der Waals surface area contributed by atoms with Crippen LogP contribution in [0.5, 0.6) is 0 Å². The molecule has 0 amide bonds. The van der Waals surface area contributed by atoms with E-state index in [0.717, 1.165) is 31.1 Å². The highest BCUT2D eigenvalue weighted by Crippen LogP contribution is 2.11. The second-order valence-corrected chi connectivity index (χ2v) is 4.20. The first-order valence-electron chi connectivity index (χ1n) is 5.92. The smallest absolute Gasteiger partial charge is 0.228 e. The fourth-order valence-corrected chi connectivity index (χ4v) is 1.98. The molecule has 16 heavy (non-hydrogen) atoms. The molecular formula is C11H19N3O2. The van der Waals surface area contributed by atoms with Crippen molar-refractivity contribution in [3.8, 4) is 0 Å². The quantitative estimate of drug-likeness (QED) is 0.808. The van der Waals surface area contributed by atoms with Crippen molar-refractivity contribution in [2.24, 2.45) is 0 Å². The Bertz CT molecular complexity index is 308. The lowest BCUT2D eigenvalue weighted by molar-refractivity contribution is 0.199. The lowest BCUT2D eigenvalue weighted by Gasteiger charge is -2.21. The Kier molecular flexibility index (Phi) is 4.30. The molecule has 1 fully saturated rings. The van der Waals surface area contributed by atoms with Gasteiger partial charge in [0.2, 0.25) is 5.89 Å². The Balaban J connectivity index is 1.81. The van der Waals surface area contributed by atoms with Crippen molar-refractivity contribution in [2.45, 2.75) is 38.1 Å². The SMILES string of the molecule is COCCc1noc(CC2CCCCN2)n1. The Morgan fingerprint density at radius 3 is 3.19 bits per heavy atom. The Labute approximate surface area is 95.6 Å². The average Bonchev–Trinajstić information content (AvgIpc) is 2.75. The van der Waals surface area contributed by atoms with Crippen LogP contribution in [-0.4, -0.2) is 36.4 Å². The summed E-state index contributed by atoms with van der Waals surface area (Å²) in [6.45, 7) is 1.75. The van der Waals surface area contributed by atoms with Crippen LogP contribution in [0, 0.1) is 0 Å². The van der Waals surface area contributed by atoms with Crippen molar-refractivity contribution in [3.63, 3.8) is 0 Å². The van der Waals surface area contributed by atoms with Gasteiger partial charge in [-0.15, -0.1) is 0 Å². The van der Waals surface area contributed by atoms with Gasteiger partial charge in [0.25, 0.3) is 0 Å². The molecule has 1 N–H and O–H groups in total. The van der Waals surface area contributed by atoms with E-state index < -0.39 is 0 Å². The van der Waals surface area contributed by atoms with Crippen molar-refractivity contribution in [1.82, 2.24) is 15.5 Å². The Morgan fingerprint density at radius 2 is 2.44 bits per heavy atom. The van der Waals surface area contributed by atoms with Crippen molar-refractivity contribution in [2.75, 3.05) is 20.3 Å². The fraction of sp³-hybridized carbons (Fsp3) is 0.818. The van der Waals surface area contributed by atoms with Crippen molar-refractivity contribution in [3.05, 3.63) is 11.7 Å². The standard InChI is InChI=1S/C11H19N3O2/c1-15-7-5-10-13-11(16-14-10)8-9-4-2-3-6-12-9/h9,12H,2-8H2,1H3. The van der Waals surface area contributed by atoms with Gasteiger partial charge in [0.1, 0.15) is 0 Å². The summed E-state index contributed by atoms with van der Waals surface area (Å²) in [7, 11) is 1.67. The average molecular weight is 225 g/mol. The summed E-state index contributed by atoms with van der Waals surface area (Å²) in [5, 5.41) is 7.39. The van der Waals surface area contributed by atoms with Crippen LogP contribution in [0.3, 0.4) is 0 Å². The fourth-order valence-electron chi connectivity index (χ4n) is 1.98. The molecular weight excluding hydrogens is 206 g/mol. The number of hydrogen-bond donors (Lipinski definition) is 1. The topological polar surface area (TPSA) is 60.2 Å². The summed E-state index contributed by atoms with van der Waals surface area (Å²) in [6, 6.07) is 0.504. The summed E-state index contributed by atoms with van der Waals surface area (Å²) >= 11 is 0. The van der Waals surface area contributed by atoms with Crippen molar-refractivity contribution in [1.29, 1.82) is 0 Å². The maximum absolute atomic E-state index is 5.21. The zero-order chi connectivity index (χ0) is 11.2. The molecule has 0 aliphatic carbocycles. The molecule has 0 saturated carbocycles. The Hall–Kier alpha value is -0.940. The Morgan fingerprint density at radius 1 is 1.50 bits per heavy atom. The highest BCUT2D eigenvalue weighted by molar-refractivity contribution is 4.90. The minimum Gasteiger partial charge on any atom is -0.384 e. The van der Waals surface area contributed by atoms with Crippen LogP contribution in [0.1, 0.15) is 31.0 Å². The monoisotopic (exact) mass is 225 g/mol. The van der Waals surface area contributed by atoms with E-state index in [0.29, 0.717) is 12.6 Å². The third-order valence-electron chi connectivity index (χ3n) is 2.87. The number of ether oxygens (including phenoxy) is 1. The van der Waals surface area contributed by atoms with Crippen LogP contribution in [0.15, 0.2) is 4.52 Å². The van der Waals surface area contributed by atoms with Gasteiger partial charge in [-0.1, -0.05) is 11.6 Å². The normalized spacial score (nSPS) is 21.2. The minimum atomic E-state index is 0.504. The first-order valence-corrected chi connectivity index (χ1v) is 5.92. The summed E-state index contributed by atoms with van der Waals surface area (Å²) in [5.41, 5.74) is 0. The maximum Gasteiger partial charge on any atom is 0.228 e. The van der Waals surface area contributed by atoms with Crippen LogP contribution in [0.25, 0.3) is 0 Å². The maximum atomic E-state index is 5.21. The molecule has 0 aromatic carbocycles. The second-order valence-electron chi connectivity index (χ2n) is 4.20. The molecule has 0 spiro atoms. The van der Waals surface area contributed by atoms with E-state index in [1.54, 1.807) is 7.11 Å². The van der Waals surface area contributed by atoms with Crippen LogP contribution in [-0.2, 0) is 17.6 Å². The number of nitrogens with zero attached hydrogens (tertiary/aromatic N) is 2. The molecule has 1 aromatic heterocycles. The molecule has 5 heteroatoms. The number of piperidine rings is 1. The van der Waals surface area contributed by atoms with E-state index in [-0.39, 0.29) is 0 Å². The summed E-state index contributed by atoms with van der Waals surface area (Å²) in [5.74, 6) is 1.48. The van der Waals surface area contributed by atoms with Gasteiger partial charge >= 0.3 is 0 Å². The molecule has 0 radical (unpaired) electrons. The van der Waals surface area contributed by atoms with Crippen molar-refractivity contribution >= 4 is 0 Å². The number of aromatic nitrogens is 2. The molecule has 1 aliphatic heterocycles. The third kappa shape index (κ3) is 3.28. The van der Waals surface area contributed by atoms with Gasteiger partial charge in [-0.05, 0) is 19.4 Å². The van der Waals surface area contributed by atoms with Gasteiger partial charge in [-0.3, -0.25) is 0 Å². The molecule has 90 valence electrons. The predicted molar refractivity (Wildman–Crippen MR) is 59.2 cm³/mol. The van der Waals surface area contributed by atoms with Crippen LogP contribution >= 0.6 is 0 Å². The zero-order valence-electron chi connectivity index (χ0n) is 9.74. The van der Waals surface area contributed by atoms with E-state index in [2.05, 4.69) is 15.5 Å². The lowest BCUT2D eigenvalue weighted by atomic mass is 10.0. The van der Waals surface area contributed by atoms with Crippen LogP contribution < -0.4 is 5.32 Å². The first-order chi connectivity index (χ1) is 7.88. The molecule has 1 atom stereocenters. The minimum absolute atomic E-state index is 0.504. The van der Waals surface area contributed by atoms with Crippen LogP contribution in [0.2, 0.25) is 0 Å². The number of hydrogen-bond acceptors (Lipinski definition) is 5. The van der Waals surface area contributed by atoms with E-state index >= 15 is 0 Å². The molecule has 1 aromatic rings. The highest BCUT2D eigenvalue weighted by Gasteiger charge is 2.16. The lowest BCUT2D eigenvalue weighted by Crippen LogP contribution is -2.35. The number of nitrogens with one attached hydrogen (secondary N) is 1. The van der Waals surface area contributed by atoms with E-state index in [4.69, 9.17) is 9.26 Å².